The average Bonchev–Trinajstić information content (AvgIpc) is 3.31. The maximum atomic E-state index is 13.0. The fourth-order valence-corrected chi connectivity index (χ4v) is 5.06. The quantitative estimate of drug-likeness (QED) is 0.362. The summed E-state index contributed by atoms with van der Waals surface area (Å²) in [5, 5.41) is 0. The van der Waals surface area contributed by atoms with Gasteiger partial charge in [-0.3, -0.25) is 14.4 Å². The number of allylic oxidation sites excluding steroid dienone is 2. The van der Waals surface area contributed by atoms with Crippen molar-refractivity contribution in [3.63, 3.8) is 0 Å². The van der Waals surface area contributed by atoms with Crippen LogP contribution in [0.15, 0.2) is 36.4 Å². The molecule has 0 N–H and O–H groups in total. The fourth-order valence-electron chi connectivity index (χ4n) is 5.06. The Kier molecular flexibility index (Phi) is 2.65. The van der Waals surface area contributed by atoms with Crippen LogP contribution in [0.25, 0.3) is 0 Å². The van der Waals surface area contributed by atoms with Gasteiger partial charge in [-0.2, -0.15) is 0 Å². The summed E-state index contributed by atoms with van der Waals surface area (Å²) in [7, 11) is 0. The summed E-state index contributed by atoms with van der Waals surface area (Å²) in [6.45, 7) is 1.32. The minimum absolute atomic E-state index is 0.102. The number of anilines is 1. The molecular weight excluding hydrogens is 306 g/mol. The first kappa shape index (κ1) is 14.0. The van der Waals surface area contributed by atoms with Crippen LogP contribution in [0, 0.1) is 35.5 Å². The molecular formula is C19H17NO4. The maximum absolute atomic E-state index is 13.0. The lowest BCUT2D eigenvalue weighted by molar-refractivity contribution is -0.132. The summed E-state index contributed by atoms with van der Waals surface area (Å²) in [6, 6.07) is 6.64. The van der Waals surface area contributed by atoms with Gasteiger partial charge in [0.2, 0.25) is 11.8 Å². The number of rotatable bonds is 2. The number of ether oxygens (including phenoxy) is 1. The van der Waals surface area contributed by atoms with E-state index in [1.807, 2.05) is 0 Å². The van der Waals surface area contributed by atoms with E-state index < -0.39 is 5.97 Å². The van der Waals surface area contributed by atoms with Crippen molar-refractivity contribution in [2.45, 2.75) is 13.3 Å². The molecule has 24 heavy (non-hydrogen) atoms. The zero-order valence-electron chi connectivity index (χ0n) is 13.2. The number of hydrogen-bond acceptors (Lipinski definition) is 4. The van der Waals surface area contributed by atoms with E-state index >= 15 is 0 Å². The van der Waals surface area contributed by atoms with Crippen LogP contribution in [0.4, 0.5) is 5.69 Å². The van der Waals surface area contributed by atoms with Crippen molar-refractivity contribution in [1.82, 2.24) is 0 Å². The molecule has 2 amide bonds. The second-order valence-corrected chi connectivity index (χ2v) is 7.26. The largest absolute Gasteiger partial charge is 0.427 e. The van der Waals surface area contributed by atoms with Gasteiger partial charge in [-0.05, 0) is 42.2 Å². The second kappa shape index (κ2) is 4.56. The van der Waals surface area contributed by atoms with E-state index in [0.717, 1.165) is 6.42 Å². The van der Waals surface area contributed by atoms with Crippen molar-refractivity contribution in [1.29, 1.82) is 0 Å². The first-order chi connectivity index (χ1) is 11.6. The molecule has 1 aromatic rings. The van der Waals surface area contributed by atoms with Crippen molar-refractivity contribution in [2.75, 3.05) is 4.90 Å². The minimum Gasteiger partial charge on any atom is -0.427 e. The third-order valence-corrected chi connectivity index (χ3v) is 6.00. The Labute approximate surface area is 139 Å². The molecule has 1 saturated heterocycles. The number of benzene rings is 1. The van der Waals surface area contributed by atoms with Crippen molar-refractivity contribution >= 4 is 23.5 Å². The molecule has 1 aliphatic heterocycles. The highest BCUT2D eigenvalue weighted by molar-refractivity contribution is 6.22. The van der Waals surface area contributed by atoms with E-state index in [2.05, 4.69) is 12.2 Å². The van der Waals surface area contributed by atoms with Crippen molar-refractivity contribution in [2.24, 2.45) is 35.5 Å². The molecule has 0 spiro atoms. The average molecular weight is 323 g/mol. The van der Waals surface area contributed by atoms with Gasteiger partial charge in [0.05, 0.1) is 17.5 Å². The van der Waals surface area contributed by atoms with E-state index in [1.54, 1.807) is 24.3 Å². The van der Waals surface area contributed by atoms with Crippen LogP contribution in [-0.4, -0.2) is 17.8 Å². The molecule has 1 heterocycles. The summed E-state index contributed by atoms with van der Waals surface area (Å²) in [6.07, 6.45) is 5.46. The third kappa shape index (κ3) is 1.72. The zero-order valence-corrected chi connectivity index (χ0v) is 13.2. The predicted molar refractivity (Wildman–Crippen MR) is 84.9 cm³/mol. The van der Waals surface area contributed by atoms with E-state index in [4.69, 9.17) is 4.74 Å². The van der Waals surface area contributed by atoms with Gasteiger partial charge in [-0.25, -0.2) is 4.90 Å². The summed E-state index contributed by atoms with van der Waals surface area (Å²) >= 11 is 0. The van der Waals surface area contributed by atoms with E-state index in [0.29, 0.717) is 23.3 Å². The summed E-state index contributed by atoms with van der Waals surface area (Å²) in [4.78, 5) is 38.4. The number of imide groups is 1. The lowest BCUT2D eigenvalue weighted by Gasteiger charge is -2.37. The highest BCUT2D eigenvalue weighted by atomic mass is 16.5. The van der Waals surface area contributed by atoms with Crippen molar-refractivity contribution < 1.29 is 19.1 Å². The van der Waals surface area contributed by atoms with Crippen LogP contribution in [0.5, 0.6) is 5.75 Å². The molecule has 0 unspecified atom stereocenters. The molecule has 3 fully saturated rings. The molecule has 6 atom stereocenters. The first-order valence-corrected chi connectivity index (χ1v) is 8.41. The monoisotopic (exact) mass is 323 g/mol. The van der Waals surface area contributed by atoms with Crippen molar-refractivity contribution in [3.05, 3.63) is 36.4 Å². The van der Waals surface area contributed by atoms with Crippen LogP contribution >= 0.6 is 0 Å². The maximum Gasteiger partial charge on any atom is 0.308 e. The molecule has 2 saturated carbocycles. The fraction of sp³-hybridized carbons (Fsp3) is 0.421. The lowest BCUT2D eigenvalue weighted by Crippen LogP contribution is -2.40. The van der Waals surface area contributed by atoms with Gasteiger partial charge in [0.15, 0.2) is 0 Å². The molecule has 0 aromatic heterocycles. The number of carbonyl (C=O) groups excluding carboxylic acids is 3. The Balaban J connectivity index is 1.51. The van der Waals surface area contributed by atoms with Crippen LogP contribution in [0.2, 0.25) is 0 Å². The highest BCUT2D eigenvalue weighted by Crippen LogP contribution is 2.65. The van der Waals surface area contributed by atoms with Crippen LogP contribution in [0.1, 0.15) is 13.3 Å². The predicted octanol–water partition coefficient (Wildman–Crippen LogP) is 2.17. The zero-order chi connectivity index (χ0) is 16.6. The normalized spacial score (nSPS) is 38.1. The molecule has 4 aliphatic carbocycles. The first-order valence-electron chi connectivity index (χ1n) is 8.41. The Morgan fingerprint density at radius 2 is 1.71 bits per heavy atom. The summed E-state index contributed by atoms with van der Waals surface area (Å²) in [5.74, 6) is 0.884. The van der Waals surface area contributed by atoms with Gasteiger partial charge in [-0.15, -0.1) is 0 Å². The number of hydrogen-bond donors (Lipinski definition) is 0. The third-order valence-electron chi connectivity index (χ3n) is 6.00. The highest BCUT2D eigenvalue weighted by Gasteiger charge is 2.67. The van der Waals surface area contributed by atoms with Gasteiger partial charge in [-0.1, -0.05) is 18.2 Å². The Hall–Kier alpha value is -2.43. The van der Waals surface area contributed by atoms with Crippen LogP contribution < -0.4 is 9.64 Å². The molecule has 1 aromatic carbocycles. The number of carbonyl (C=O) groups is 3. The van der Waals surface area contributed by atoms with Crippen LogP contribution in [0.3, 0.4) is 0 Å². The van der Waals surface area contributed by atoms with Gasteiger partial charge in [0.25, 0.3) is 0 Å². The van der Waals surface area contributed by atoms with Gasteiger partial charge in [0.1, 0.15) is 5.75 Å². The Bertz CT molecular complexity index is 777. The van der Waals surface area contributed by atoms with E-state index in [9.17, 15) is 14.4 Å². The summed E-state index contributed by atoms with van der Waals surface area (Å²) in [5.41, 5.74) is 0.492. The molecule has 5 aliphatic rings. The van der Waals surface area contributed by atoms with Gasteiger partial charge in [0, 0.05) is 13.0 Å². The van der Waals surface area contributed by atoms with E-state index in [1.165, 1.54) is 11.8 Å². The van der Waals surface area contributed by atoms with Crippen molar-refractivity contribution in [3.8, 4) is 5.75 Å². The topological polar surface area (TPSA) is 63.7 Å². The summed E-state index contributed by atoms with van der Waals surface area (Å²) < 4.78 is 5.08. The van der Waals surface area contributed by atoms with Crippen LogP contribution in [-0.2, 0) is 14.4 Å². The number of nitrogens with zero attached hydrogens (tertiary/aromatic N) is 1. The smallest absolute Gasteiger partial charge is 0.308 e. The number of esters is 1. The van der Waals surface area contributed by atoms with Gasteiger partial charge < -0.3 is 4.74 Å². The van der Waals surface area contributed by atoms with Gasteiger partial charge >= 0.3 is 5.97 Å². The lowest BCUT2D eigenvalue weighted by atomic mass is 9.63. The minimum atomic E-state index is -0.428. The van der Waals surface area contributed by atoms with E-state index in [-0.39, 0.29) is 35.5 Å². The number of amides is 2. The molecule has 5 nitrogen and oxygen atoms in total. The Morgan fingerprint density at radius 1 is 1.08 bits per heavy atom. The Morgan fingerprint density at radius 3 is 2.29 bits per heavy atom. The molecule has 5 heteroatoms. The molecule has 0 radical (unpaired) electrons. The standard InChI is InChI=1S/C19H17NO4/c1-9(21)24-11-4-2-3-10(7-11)20-18(22)16-12-5-6-13(15-8-14(12)15)17(16)19(20)23/h2-7,12-17H,8H2,1H3/t12-,13+,14-,15-,16-,17+/m0/s1. The SMILES string of the molecule is CC(=O)Oc1cccc(N2C(=O)[C@@H]3[C@@H]4C=C[C@@H]([C@@H]5C[C@@H]45)[C@@H]3C2=O)c1. The molecule has 6 rings (SSSR count). The molecule has 2 bridgehead atoms. The second-order valence-electron chi connectivity index (χ2n) is 7.26. The molecule has 122 valence electrons.